The molecule has 0 aliphatic carbocycles. The Labute approximate surface area is 116 Å². The van der Waals surface area contributed by atoms with E-state index in [1.54, 1.807) is 0 Å². The van der Waals surface area contributed by atoms with Crippen molar-refractivity contribution in [3.63, 3.8) is 0 Å². The monoisotopic (exact) mass is 253 g/mol. The van der Waals surface area contributed by atoms with E-state index in [0.717, 1.165) is 12.1 Å². The van der Waals surface area contributed by atoms with Crippen molar-refractivity contribution in [3.05, 3.63) is 53.2 Å². The van der Waals surface area contributed by atoms with Crippen LogP contribution in [0.2, 0.25) is 0 Å². The molecular formula is C18H23N. The highest BCUT2D eigenvalue weighted by Crippen LogP contribution is 2.22. The number of rotatable bonds is 5. The quantitative estimate of drug-likeness (QED) is 0.676. The van der Waals surface area contributed by atoms with E-state index >= 15 is 0 Å². The molecule has 0 atom stereocenters. The minimum atomic E-state index is 1.11. The summed E-state index contributed by atoms with van der Waals surface area (Å²) in [7, 11) is 0. The zero-order chi connectivity index (χ0) is 13.7. The molecule has 1 heteroatoms. The Morgan fingerprint density at radius 1 is 1.00 bits per heavy atom. The molecule has 2 aromatic rings. The predicted octanol–water partition coefficient (Wildman–Crippen LogP) is 5.10. The van der Waals surface area contributed by atoms with Crippen molar-refractivity contribution in [2.75, 3.05) is 0 Å². The number of aryl methyl sites for hydroxylation is 3. The maximum atomic E-state index is 4.66. The fourth-order valence-corrected chi connectivity index (χ4v) is 2.36. The van der Waals surface area contributed by atoms with Gasteiger partial charge in [0.2, 0.25) is 0 Å². The molecule has 0 saturated heterocycles. The minimum absolute atomic E-state index is 1.11. The number of benzene rings is 1. The van der Waals surface area contributed by atoms with Gasteiger partial charge in [0.05, 0.1) is 5.69 Å². The van der Waals surface area contributed by atoms with E-state index in [2.05, 4.69) is 56.1 Å². The van der Waals surface area contributed by atoms with Crippen LogP contribution >= 0.6 is 0 Å². The van der Waals surface area contributed by atoms with E-state index in [4.69, 9.17) is 0 Å². The van der Waals surface area contributed by atoms with Crippen LogP contribution < -0.4 is 0 Å². The van der Waals surface area contributed by atoms with E-state index in [9.17, 15) is 0 Å². The summed E-state index contributed by atoms with van der Waals surface area (Å²) in [6.45, 7) is 6.51. The van der Waals surface area contributed by atoms with Crippen LogP contribution in [0.5, 0.6) is 0 Å². The maximum absolute atomic E-state index is 4.66. The second kappa shape index (κ2) is 6.51. The van der Waals surface area contributed by atoms with Crippen molar-refractivity contribution in [2.24, 2.45) is 0 Å². The van der Waals surface area contributed by atoms with Crippen LogP contribution in [0, 0.1) is 13.8 Å². The Balaban J connectivity index is 2.17. The average Bonchev–Trinajstić information content (AvgIpc) is 2.41. The fourth-order valence-electron chi connectivity index (χ4n) is 2.36. The SMILES string of the molecule is CCCCCc1cnc(-c2ccc(C)cc2)c(C)c1. The Morgan fingerprint density at radius 2 is 1.74 bits per heavy atom. The molecule has 0 radical (unpaired) electrons. The smallest absolute Gasteiger partial charge is 0.0731 e. The molecule has 19 heavy (non-hydrogen) atoms. The third-order valence-corrected chi connectivity index (χ3v) is 3.53. The Morgan fingerprint density at radius 3 is 2.37 bits per heavy atom. The van der Waals surface area contributed by atoms with Crippen LogP contribution in [0.15, 0.2) is 36.5 Å². The first kappa shape index (κ1) is 13.8. The molecule has 2 rings (SSSR count). The van der Waals surface area contributed by atoms with Crippen molar-refractivity contribution >= 4 is 0 Å². The summed E-state index contributed by atoms with van der Waals surface area (Å²) in [5, 5.41) is 0. The molecule has 0 N–H and O–H groups in total. The first-order chi connectivity index (χ1) is 9.20. The molecule has 1 aromatic heterocycles. The number of hydrogen-bond donors (Lipinski definition) is 0. The standard InChI is InChI=1S/C18H23N/c1-4-5-6-7-16-12-15(3)18(19-13-16)17-10-8-14(2)9-11-17/h8-13H,4-7H2,1-3H3. The lowest BCUT2D eigenvalue weighted by molar-refractivity contribution is 0.716. The molecule has 0 saturated carbocycles. The lowest BCUT2D eigenvalue weighted by Gasteiger charge is -2.08. The largest absolute Gasteiger partial charge is 0.256 e. The summed E-state index contributed by atoms with van der Waals surface area (Å²) in [6, 6.07) is 10.9. The van der Waals surface area contributed by atoms with Gasteiger partial charge in [-0.2, -0.15) is 0 Å². The van der Waals surface area contributed by atoms with Crippen molar-refractivity contribution in [2.45, 2.75) is 46.5 Å². The highest BCUT2D eigenvalue weighted by Gasteiger charge is 2.04. The average molecular weight is 253 g/mol. The van der Waals surface area contributed by atoms with E-state index in [1.165, 1.54) is 41.5 Å². The van der Waals surface area contributed by atoms with Gasteiger partial charge in [-0.15, -0.1) is 0 Å². The van der Waals surface area contributed by atoms with E-state index in [1.807, 2.05) is 6.20 Å². The Bertz CT molecular complexity index is 526. The summed E-state index contributed by atoms with van der Waals surface area (Å²) in [5.41, 5.74) is 6.25. The lowest BCUT2D eigenvalue weighted by Crippen LogP contribution is -1.93. The number of nitrogens with zero attached hydrogens (tertiary/aromatic N) is 1. The van der Waals surface area contributed by atoms with Gasteiger partial charge in [-0.3, -0.25) is 4.98 Å². The summed E-state index contributed by atoms with van der Waals surface area (Å²) in [5.74, 6) is 0. The molecule has 1 aromatic carbocycles. The highest BCUT2D eigenvalue weighted by atomic mass is 14.7. The van der Waals surface area contributed by atoms with Crippen LogP contribution in [-0.2, 0) is 6.42 Å². The predicted molar refractivity (Wildman–Crippen MR) is 82.4 cm³/mol. The number of hydrogen-bond acceptors (Lipinski definition) is 1. The van der Waals surface area contributed by atoms with E-state index in [0.29, 0.717) is 0 Å². The van der Waals surface area contributed by atoms with Crippen molar-refractivity contribution in [1.29, 1.82) is 0 Å². The van der Waals surface area contributed by atoms with Crippen LogP contribution in [0.3, 0.4) is 0 Å². The molecule has 1 nitrogen and oxygen atoms in total. The van der Waals surface area contributed by atoms with E-state index in [-0.39, 0.29) is 0 Å². The van der Waals surface area contributed by atoms with E-state index < -0.39 is 0 Å². The molecule has 0 unspecified atom stereocenters. The normalized spacial score (nSPS) is 10.7. The zero-order valence-corrected chi connectivity index (χ0v) is 12.2. The van der Waals surface area contributed by atoms with Gasteiger partial charge in [0.25, 0.3) is 0 Å². The van der Waals surface area contributed by atoms with Crippen molar-refractivity contribution in [3.8, 4) is 11.3 Å². The van der Waals surface area contributed by atoms with Gasteiger partial charge in [0.15, 0.2) is 0 Å². The molecule has 0 bridgehead atoms. The summed E-state index contributed by atoms with van der Waals surface area (Å²) in [6.07, 6.45) is 7.03. The molecule has 1 heterocycles. The third kappa shape index (κ3) is 3.66. The van der Waals surface area contributed by atoms with Crippen LogP contribution in [-0.4, -0.2) is 4.98 Å². The molecule has 0 fully saturated rings. The fraction of sp³-hybridized carbons (Fsp3) is 0.389. The van der Waals surface area contributed by atoms with Crippen LogP contribution in [0.25, 0.3) is 11.3 Å². The zero-order valence-electron chi connectivity index (χ0n) is 12.2. The highest BCUT2D eigenvalue weighted by molar-refractivity contribution is 5.63. The molecule has 100 valence electrons. The number of pyridine rings is 1. The summed E-state index contributed by atoms with van der Waals surface area (Å²) < 4.78 is 0. The summed E-state index contributed by atoms with van der Waals surface area (Å²) in [4.78, 5) is 4.66. The van der Waals surface area contributed by atoms with Crippen molar-refractivity contribution in [1.82, 2.24) is 4.98 Å². The Kier molecular flexibility index (Phi) is 4.73. The van der Waals surface area contributed by atoms with Gasteiger partial charge >= 0.3 is 0 Å². The van der Waals surface area contributed by atoms with Gasteiger partial charge < -0.3 is 0 Å². The Hall–Kier alpha value is -1.63. The lowest BCUT2D eigenvalue weighted by atomic mass is 10.0. The van der Waals surface area contributed by atoms with Gasteiger partial charge in [0.1, 0.15) is 0 Å². The maximum Gasteiger partial charge on any atom is 0.0731 e. The first-order valence-electron chi connectivity index (χ1n) is 7.23. The molecule has 0 spiro atoms. The molecule has 0 amide bonds. The van der Waals surface area contributed by atoms with Gasteiger partial charge in [-0.25, -0.2) is 0 Å². The second-order valence-corrected chi connectivity index (χ2v) is 5.33. The number of aromatic nitrogens is 1. The topological polar surface area (TPSA) is 12.9 Å². The van der Waals surface area contributed by atoms with Gasteiger partial charge in [0, 0.05) is 11.8 Å². The molecule has 0 aliphatic rings. The van der Waals surface area contributed by atoms with Gasteiger partial charge in [-0.1, -0.05) is 55.7 Å². The van der Waals surface area contributed by atoms with Gasteiger partial charge in [-0.05, 0) is 37.8 Å². The van der Waals surface area contributed by atoms with Crippen molar-refractivity contribution < 1.29 is 0 Å². The van der Waals surface area contributed by atoms with Crippen LogP contribution in [0.4, 0.5) is 0 Å². The third-order valence-electron chi connectivity index (χ3n) is 3.53. The minimum Gasteiger partial charge on any atom is -0.256 e. The van der Waals surface area contributed by atoms with Crippen LogP contribution in [0.1, 0.15) is 42.9 Å². The first-order valence-corrected chi connectivity index (χ1v) is 7.23. The molecule has 0 aliphatic heterocycles. The summed E-state index contributed by atoms with van der Waals surface area (Å²) >= 11 is 0. The second-order valence-electron chi connectivity index (χ2n) is 5.33. The number of unbranched alkanes of at least 4 members (excludes halogenated alkanes) is 2. The molecular weight excluding hydrogens is 230 g/mol.